The van der Waals surface area contributed by atoms with Crippen LogP contribution < -0.4 is 0 Å². The van der Waals surface area contributed by atoms with Gasteiger partial charge >= 0.3 is 0 Å². The second kappa shape index (κ2) is 6.14. The number of nitrogens with zero attached hydrogens (tertiary/aromatic N) is 3. The Morgan fingerprint density at radius 3 is 2.82 bits per heavy atom. The SMILES string of the molecule is COCc1cnc2n1CCN(Cc1ccc(F)c(F)c1)[C@@H]2C. The van der Waals surface area contributed by atoms with Crippen molar-refractivity contribution in [2.75, 3.05) is 13.7 Å². The molecule has 6 heteroatoms. The van der Waals surface area contributed by atoms with Crippen molar-refractivity contribution in [2.24, 2.45) is 0 Å². The van der Waals surface area contributed by atoms with E-state index in [4.69, 9.17) is 4.74 Å². The molecule has 2 aromatic rings. The van der Waals surface area contributed by atoms with Crippen molar-refractivity contribution in [1.82, 2.24) is 14.5 Å². The van der Waals surface area contributed by atoms with E-state index in [2.05, 4.69) is 21.4 Å². The summed E-state index contributed by atoms with van der Waals surface area (Å²) in [5.74, 6) is -0.623. The van der Waals surface area contributed by atoms with Gasteiger partial charge in [0.1, 0.15) is 5.82 Å². The van der Waals surface area contributed by atoms with Crippen molar-refractivity contribution in [3.8, 4) is 0 Å². The third kappa shape index (κ3) is 2.76. The summed E-state index contributed by atoms with van der Waals surface area (Å²) in [5.41, 5.74) is 1.83. The Bertz CT molecular complexity index is 671. The third-order valence-electron chi connectivity index (χ3n) is 4.16. The minimum absolute atomic E-state index is 0.118. The number of methoxy groups -OCH3 is 1. The van der Waals surface area contributed by atoms with Crippen LogP contribution in [0.4, 0.5) is 8.78 Å². The van der Waals surface area contributed by atoms with Crippen LogP contribution >= 0.6 is 0 Å². The van der Waals surface area contributed by atoms with Gasteiger partial charge in [-0.15, -0.1) is 0 Å². The van der Waals surface area contributed by atoms with Crippen LogP contribution in [0, 0.1) is 11.6 Å². The molecule has 0 aliphatic carbocycles. The Kier molecular flexibility index (Phi) is 4.22. The number of aromatic nitrogens is 2. The Labute approximate surface area is 128 Å². The molecule has 0 radical (unpaired) electrons. The van der Waals surface area contributed by atoms with Crippen LogP contribution in [0.25, 0.3) is 0 Å². The van der Waals surface area contributed by atoms with Crippen LogP contribution in [0.3, 0.4) is 0 Å². The lowest BCUT2D eigenvalue weighted by molar-refractivity contribution is 0.143. The van der Waals surface area contributed by atoms with Gasteiger partial charge in [0.25, 0.3) is 0 Å². The number of benzene rings is 1. The van der Waals surface area contributed by atoms with Gasteiger partial charge in [-0.3, -0.25) is 4.90 Å². The molecule has 22 heavy (non-hydrogen) atoms. The van der Waals surface area contributed by atoms with E-state index in [1.54, 1.807) is 13.2 Å². The monoisotopic (exact) mass is 307 g/mol. The molecule has 4 nitrogen and oxygen atoms in total. The summed E-state index contributed by atoms with van der Waals surface area (Å²) in [4.78, 5) is 6.70. The molecule has 0 spiro atoms. The zero-order valence-electron chi connectivity index (χ0n) is 12.7. The topological polar surface area (TPSA) is 30.3 Å². The van der Waals surface area contributed by atoms with Gasteiger partial charge in [0.05, 0.1) is 24.5 Å². The Morgan fingerprint density at radius 1 is 1.27 bits per heavy atom. The molecule has 1 aromatic carbocycles. The number of fused-ring (bicyclic) bond motifs is 1. The predicted molar refractivity (Wildman–Crippen MR) is 78.1 cm³/mol. The molecule has 1 atom stereocenters. The first-order chi connectivity index (χ1) is 10.6. The highest BCUT2D eigenvalue weighted by molar-refractivity contribution is 5.19. The second-order valence-corrected chi connectivity index (χ2v) is 5.59. The molecule has 118 valence electrons. The van der Waals surface area contributed by atoms with Crippen molar-refractivity contribution in [2.45, 2.75) is 32.7 Å². The molecule has 1 aliphatic heterocycles. The number of hydrogen-bond donors (Lipinski definition) is 0. The first kappa shape index (κ1) is 15.1. The molecule has 0 N–H and O–H groups in total. The Hall–Kier alpha value is -1.79. The van der Waals surface area contributed by atoms with Crippen molar-refractivity contribution in [3.63, 3.8) is 0 Å². The summed E-state index contributed by atoms with van der Waals surface area (Å²) in [7, 11) is 1.67. The predicted octanol–water partition coefficient (Wildman–Crippen LogP) is 2.88. The van der Waals surface area contributed by atoms with Crippen LogP contribution in [0.5, 0.6) is 0 Å². The summed E-state index contributed by atoms with van der Waals surface area (Å²) in [5, 5.41) is 0. The average molecular weight is 307 g/mol. The lowest BCUT2D eigenvalue weighted by Crippen LogP contribution is -2.37. The van der Waals surface area contributed by atoms with Crippen LogP contribution in [-0.4, -0.2) is 28.1 Å². The van der Waals surface area contributed by atoms with Crippen LogP contribution in [-0.2, 0) is 24.4 Å². The average Bonchev–Trinajstić information content (AvgIpc) is 2.90. The number of halogens is 2. The van der Waals surface area contributed by atoms with Crippen LogP contribution in [0.2, 0.25) is 0 Å². The summed E-state index contributed by atoms with van der Waals surface area (Å²) in [6, 6.07) is 4.19. The highest BCUT2D eigenvalue weighted by Gasteiger charge is 2.27. The maximum Gasteiger partial charge on any atom is 0.159 e. The van der Waals surface area contributed by atoms with E-state index in [0.717, 1.165) is 30.2 Å². The third-order valence-corrected chi connectivity index (χ3v) is 4.16. The van der Waals surface area contributed by atoms with Gasteiger partial charge in [0, 0.05) is 26.7 Å². The molecule has 0 unspecified atom stereocenters. The molecule has 0 bridgehead atoms. The van der Waals surface area contributed by atoms with Crippen LogP contribution in [0.15, 0.2) is 24.4 Å². The van der Waals surface area contributed by atoms with E-state index < -0.39 is 11.6 Å². The Balaban J connectivity index is 1.77. The highest BCUT2D eigenvalue weighted by Crippen LogP contribution is 2.27. The van der Waals surface area contributed by atoms with E-state index >= 15 is 0 Å². The van der Waals surface area contributed by atoms with E-state index in [0.29, 0.717) is 13.2 Å². The quantitative estimate of drug-likeness (QED) is 0.870. The standard InChI is InChI=1S/C16H19F2N3O/c1-11-16-19-8-13(10-22-2)21(16)6-5-20(11)9-12-3-4-14(17)15(18)7-12/h3-4,7-8,11H,5-6,9-10H2,1-2H3/t11-/m1/s1. The zero-order chi connectivity index (χ0) is 15.7. The molecule has 1 aliphatic rings. The maximum absolute atomic E-state index is 13.3. The lowest BCUT2D eigenvalue weighted by atomic mass is 10.1. The number of imidazole rings is 1. The van der Waals surface area contributed by atoms with Gasteiger partial charge in [-0.25, -0.2) is 13.8 Å². The minimum atomic E-state index is -0.810. The van der Waals surface area contributed by atoms with Crippen molar-refractivity contribution in [1.29, 1.82) is 0 Å². The summed E-state index contributed by atoms with van der Waals surface area (Å²) >= 11 is 0. The summed E-state index contributed by atoms with van der Waals surface area (Å²) in [6.45, 7) is 4.85. The largest absolute Gasteiger partial charge is 0.378 e. The molecule has 3 rings (SSSR count). The van der Waals surface area contributed by atoms with E-state index in [1.807, 2.05) is 6.20 Å². The van der Waals surface area contributed by atoms with E-state index in [1.165, 1.54) is 12.1 Å². The van der Waals surface area contributed by atoms with Gasteiger partial charge in [0.15, 0.2) is 11.6 Å². The highest BCUT2D eigenvalue weighted by atomic mass is 19.2. The van der Waals surface area contributed by atoms with Gasteiger partial charge in [0.2, 0.25) is 0 Å². The normalized spacial score (nSPS) is 18.5. The molecule has 0 saturated heterocycles. The van der Waals surface area contributed by atoms with Crippen molar-refractivity contribution >= 4 is 0 Å². The Morgan fingerprint density at radius 2 is 2.09 bits per heavy atom. The zero-order valence-corrected chi connectivity index (χ0v) is 12.7. The smallest absolute Gasteiger partial charge is 0.159 e. The molecule has 0 fully saturated rings. The van der Waals surface area contributed by atoms with E-state index in [-0.39, 0.29) is 6.04 Å². The number of hydrogen-bond acceptors (Lipinski definition) is 3. The molecule has 0 saturated carbocycles. The van der Waals surface area contributed by atoms with E-state index in [9.17, 15) is 8.78 Å². The fraction of sp³-hybridized carbons (Fsp3) is 0.438. The second-order valence-electron chi connectivity index (χ2n) is 5.59. The van der Waals surface area contributed by atoms with Gasteiger partial charge in [-0.2, -0.15) is 0 Å². The van der Waals surface area contributed by atoms with Crippen LogP contribution in [0.1, 0.15) is 30.0 Å². The summed E-state index contributed by atoms with van der Waals surface area (Å²) in [6.07, 6.45) is 1.84. The lowest BCUT2D eigenvalue weighted by Gasteiger charge is -2.34. The number of rotatable bonds is 4. The van der Waals surface area contributed by atoms with Crippen molar-refractivity contribution < 1.29 is 13.5 Å². The summed E-state index contributed by atoms with van der Waals surface area (Å²) < 4.78 is 33.7. The van der Waals surface area contributed by atoms with Gasteiger partial charge in [-0.05, 0) is 24.6 Å². The maximum atomic E-state index is 13.3. The molecular formula is C16H19F2N3O. The fourth-order valence-corrected chi connectivity index (χ4v) is 2.96. The molecule has 1 aromatic heterocycles. The van der Waals surface area contributed by atoms with Gasteiger partial charge < -0.3 is 9.30 Å². The first-order valence-corrected chi connectivity index (χ1v) is 7.31. The molecular weight excluding hydrogens is 288 g/mol. The fourth-order valence-electron chi connectivity index (χ4n) is 2.96. The molecule has 0 amide bonds. The number of ether oxygens (including phenoxy) is 1. The van der Waals surface area contributed by atoms with Crippen molar-refractivity contribution in [3.05, 3.63) is 53.1 Å². The minimum Gasteiger partial charge on any atom is -0.378 e. The first-order valence-electron chi connectivity index (χ1n) is 7.31. The molecule has 2 heterocycles. The van der Waals surface area contributed by atoms with Gasteiger partial charge in [-0.1, -0.05) is 6.07 Å².